The van der Waals surface area contributed by atoms with Crippen LogP contribution >= 0.6 is 0 Å². The molecule has 1 aromatic heterocycles. The van der Waals surface area contributed by atoms with Crippen LogP contribution in [0.2, 0.25) is 0 Å². The number of benzene rings is 1. The van der Waals surface area contributed by atoms with Gasteiger partial charge in [0.15, 0.2) is 0 Å². The molecule has 0 unspecified atom stereocenters. The molecule has 6 nitrogen and oxygen atoms in total. The zero-order valence-electron chi connectivity index (χ0n) is 14.7. The van der Waals surface area contributed by atoms with Crippen molar-refractivity contribution in [1.29, 1.82) is 0 Å². The molecule has 25 heavy (non-hydrogen) atoms. The minimum atomic E-state index is -0.158. The van der Waals surface area contributed by atoms with Gasteiger partial charge in [0, 0.05) is 43.4 Å². The number of nitrogens with one attached hydrogen (secondary N) is 2. The lowest BCUT2D eigenvalue weighted by molar-refractivity contribution is 0.0375. The molecule has 0 radical (unpaired) electrons. The number of urea groups is 1. The van der Waals surface area contributed by atoms with Crippen LogP contribution in [0.5, 0.6) is 0 Å². The van der Waals surface area contributed by atoms with Crippen LogP contribution in [0.3, 0.4) is 0 Å². The number of amides is 2. The number of aromatic nitrogens is 1. The Hall–Kier alpha value is -2.31. The number of carbonyl (C=O) groups excluding carboxylic acids is 1. The molecule has 1 fully saturated rings. The fraction of sp³-hybridized carbons (Fsp3) is 0.421. The minimum Gasteiger partial charge on any atom is -0.379 e. The third kappa shape index (κ3) is 4.84. The van der Waals surface area contributed by atoms with Crippen LogP contribution in [0, 0.1) is 6.92 Å². The Bertz CT molecular complexity index is 679. The third-order valence-corrected chi connectivity index (χ3v) is 4.48. The molecule has 0 spiro atoms. The molecule has 1 aliphatic heterocycles. The molecule has 1 saturated heterocycles. The van der Waals surface area contributed by atoms with Gasteiger partial charge in [0.2, 0.25) is 0 Å². The van der Waals surface area contributed by atoms with Crippen molar-refractivity contribution < 1.29 is 9.53 Å². The van der Waals surface area contributed by atoms with Crippen LogP contribution in [-0.4, -0.2) is 54.9 Å². The lowest BCUT2D eigenvalue weighted by atomic mass is 10.1. The first-order valence-electron chi connectivity index (χ1n) is 8.82. The van der Waals surface area contributed by atoms with Crippen LogP contribution in [0.1, 0.15) is 12.0 Å². The second-order valence-electron chi connectivity index (χ2n) is 6.23. The summed E-state index contributed by atoms with van der Waals surface area (Å²) in [5.74, 6) is 0. The highest BCUT2D eigenvalue weighted by Crippen LogP contribution is 2.22. The van der Waals surface area contributed by atoms with E-state index in [1.54, 1.807) is 0 Å². The van der Waals surface area contributed by atoms with Crippen LogP contribution in [0.4, 0.5) is 10.5 Å². The molecule has 134 valence electrons. The third-order valence-electron chi connectivity index (χ3n) is 4.48. The molecule has 3 rings (SSSR count). The molecule has 0 bridgehead atoms. The molecule has 0 aliphatic carbocycles. The normalized spacial score (nSPS) is 15.1. The van der Waals surface area contributed by atoms with E-state index in [-0.39, 0.29) is 6.03 Å². The van der Waals surface area contributed by atoms with Crippen molar-refractivity contribution in [2.24, 2.45) is 0 Å². The Labute approximate surface area is 148 Å². The first-order chi connectivity index (χ1) is 12.2. The van der Waals surface area contributed by atoms with Crippen molar-refractivity contribution in [3.05, 3.63) is 48.3 Å². The largest absolute Gasteiger partial charge is 0.379 e. The Morgan fingerprint density at radius 1 is 1.16 bits per heavy atom. The SMILES string of the molecule is Cc1c(NC(=O)NCCCN2CCOCC2)cccc1-n1cccc1. The highest BCUT2D eigenvalue weighted by Gasteiger charge is 2.10. The number of hydrogen-bond donors (Lipinski definition) is 2. The predicted molar refractivity (Wildman–Crippen MR) is 99.4 cm³/mol. The van der Waals surface area contributed by atoms with Crippen molar-refractivity contribution >= 4 is 11.7 Å². The van der Waals surface area contributed by atoms with Gasteiger partial charge >= 0.3 is 6.03 Å². The van der Waals surface area contributed by atoms with Crippen molar-refractivity contribution in [2.45, 2.75) is 13.3 Å². The summed E-state index contributed by atoms with van der Waals surface area (Å²) in [6, 6.07) is 9.74. The van der Waals surface area contributed by atoms with E-state index in [9.17, 15) is 4.79 Å². The van der Waals surface area contributed by atoms with Gasteiger partial charge in [-0.05, 0) is 49.7 Å². The monoisotopic (exact) mass is 342 g/mol. The quantitative estimate of drug-likeness (QED) is 0.794. The van der Waals surface area contributed by atoms with Gasteiger partial charge in [-0.3, -0.25) is 4.90 Å². The molecule has 2 N–H and O–H groups in total. The van der Waals surface area contributed by atoms with E-state index in [4.69, 9.17) is 4.74 Å². The van der Waals surface area contributed by atoms with Crippen molar-refractivity contribution in [3.8, 4) is 5.69 Å². The van der Waals surface area contributed by atoms with Crippen LogP contribution < -0.4 is 10.6 Å². The smallest absolute Gasteiger partial charge is 0.319 e. The van der Waals surface area contributed by atoms with E-state index in [1.807, 2.05) is 54.2 Å². The van der Waals surface area contributed by atoms with Gasteiger partial charge in [0.1, 0.15) is 0 Å². The van der Waals surface area contributed by atoms with E-state index < -0.39 is 0 Å². The van der Waals surface area contributed by atoms with Gasteiger partial charge in [0.05, 0.1) is 13.2 Å². The fourth-order valence-corrected chi connectivity index (χ4v) is 3.03. The number of rotatable bonds is 6. The summed E-state index contributed by atoms with van der Waals surface area (Å²) in [5, 5.41) is 5.89. The van der Waals surface area contributed by atoms with Gasteiger partial charge in [-0.15, -0.1) is 0 Å². The van der Waals surface area contributed by atoms with Crippen molar-refractivity contribution in [1.82, 2.24) is 14.8 Å². The summed E-state index contributed by atoms with van der Waals surface area (Å²) in [6.07, 6.45) is 4.94. The zero-order chi connectivity index (χ0) is 17.5. The van der Waals surface area contributed by atoms with Crippen LogP contribution in [0.25, 0.3) is 5.69 Å². The Morgan fingerprint density at radius 3 is 2.68 bits per heavy atom. The maximum Gasteiger partial charge on any atom is 0.319 e. The highest BCUT2D eigenvalue weighted by molar-refractivity contribution is 5.90. The number of morpholine rings is 1. The molecule has 6 heteroatoms. The first kappa shape index (κ1) is 17.5. The average Bonchev–Trinajstić information content (AvgIpc) is 3.16. The summed E-state index contributed by atoms with van der Waals surface area (Å²) < 4.78 is 7.38. The number of nitrogens with zero attached hydrogens (tertiary/aromatic N) is 2. The minimum absolute atomic E-state index is 0.158. The number of carbonyl (C=O) groups is 1. The van der Waals surface area contributed by atoms with E-state index in [0.717, 1.165) is 56.2 Å². The van der Waals surface area contributed by atoms with Gasteiger partial charge < -0.3 is 19.9 Å². The van der Waals surface area contributed by atoms with E-state index >= 15 is 0 Å². The number of hydrogen-bond acceptors (Lipinski definition) is 3. The standard InChI is InChI=1S/C19H26N4O2/c1-16-17(6-4-7-18(16)23-10-2-3-11-23)21-19(24)20-8-5-9-22-12-14-25-15-13-22/h2-4,6-7,10-11H,5,8-9,12-15H2,1H3,(H2,20,21,24). The lowest BCUT2D eigenvalue weighted by Gasteiger charge is -2.26. The van der Waals surface area contributed by atoms with Gasteiger partial charge in [0.25, 0.3) is 0 Å². The average molecular weight is 342 g/mol. The molecule has 2 amide bonds. The molecule has 0 atom stereocenters. The second kappa shape index (κ2) is 8.69. The van der Waals surface area contributed by atoms with E-state index in [1.165, 1.54) is 0 Å². The molecule has 0 saturated carbocycles. The summed E-state index contributed by atoms with van der Waals surface area (Å²) >= 11 is 0. The van der Waals surface area contributed by atoms with E-state index in [2.05, 4.69) is 15.5 Å². The van der Waals surface area contributed by atoms with Crippen molar-refractivity contribution in [2.75, 3.05) is 44.7 Å². The van der Waals surface area contributed by atoms with Crippen LogP contribution in [-0.2, 0) is 4.74 Å². The molecule has 2 aromatic rings. The first-order valence-corrected chi connectivity index (χ1v) is 8.82. The fourth-order valence-electron chi connectivity index (χ4n) is 3.03. The van der Waals surface area contributed by atoms with Gasteiger partial charge in [-0.25, -0.2) is 4.79 Å². The van der Waals surface area contributed by atoms with Crippen molar-refractivity contribution in [3.63, 3.8) is 0 Å². The Morgan fingerprint density at radius 2 is 1.92 bits per heavy atom. The topological polar surface area (TPSA) is 58.5 Å². The Kier molecular flexibility index (Phi) is 6.09. The van der Waals surface area contributed by atoms with Gasteiger partial charge in [-0.2, -0.15) is 0 Å². The summed E-state index contributed by atoms with van der Waals surface area (Å²) in [6.45, 7) is 7.26. The maximum atomic E-state index is 12.2. The Balaban J connectivity index is 1.47. The molecule has 2 heterocycles. The molecular formula is C19H26N4O2. The number of anilines is 1. The zero-order valence-corrected chi connectivity index (χ0v) is 14.7. The molecule has 1 aromatic carbocycles. The van der Waals surface area contributed by atoms with Gasteiger partial charge in [-0.1, -0.05) is 6.07 Å². The maximum absolute atomic E-state index is 12.2. The highest BCUT2D eigenvalue weighted by atomic mass is 16.5. The second-order valence-corrected chi connectivity index (χ2v) is 6.23. The molecule has 1 aliphatic rings. The predicted octanol–water partition coefficient (Wildman–Crippen LogP) is 2.63. The summed E-state index contributed by atoms with van der Waals surface area (Å²) in [4.78, 5) is 14.5. The molecular weight excluding hydrogens is 316 g/mol. The lowest BCUT2D eigenvalue weighted by Crippen LogP contribution is -2.38. The number of ether oxygens (including phenoxy) is 1. The van der Waals surface area contributed by atoms with Crippen LogP contribution in [0.15, 0.2) is 42.7 Å². The summed E-state index contributed by atoms with van der Waals surface area (Å²) in [7, 11) is 0. The van der Waals surface area contributed by atoms with E-state index in [0.29, 0.717) is 6.54 Å². The summed E-state index contributed by atoms with van der Waals surface area (Å²) in [5.41, 5.74) is 2.94.